The Morgan fingerprint density at radius 3 is 2.58 bits per heavy atom. The number of carbonyl (C=O) groups excluding carboxylic acids is 1. The van der Waals surface area contributed by atoms with Gasteiger partial charge >= 0.3 is 0 Å². The molecule has 5 rings (SSSR count). The standard InChI is InChI=1S/C25H31N3O3/c29-24(14-27-9-7-18-3-1-2-4-20(18)13-27)15-28-10-8-19-5-6-22(26-23-16-31-17-23)11-21(19)12-25(28)30/h1-6,11,23-24,26,29H,7-10,12-17H2. The van der Waals surface area contributed by atoms with Crippen LogP contribution in [0.3, 0.4) is 0 Å². The molecule has 164 valence electrons. The smallest absolute Gasteiger partial charge is 0.227 e. The number of benzene rings is 2. The van der Waals surface area contributed by atoms with Crippen molar-refractivity contribution in [2.45, 2.75) is 38.0 Å². The first-order valence-corrected chi connectivity index (χ1v) is 11.3. The lowest BCUT2D eigenvalue weighted by Gasteiger charge is -2.32. The van der Waals surface area contributed by atoms with E-state index in [1.807, 2.05) is 4.90 Å². The maximum absolute atomic E-state index is 12.9. The van der Waals surface area contributed by atoms with Gasteiger partial charge in [0.25, 0.3) is 0 Å². The zero-order valence-electron chi connectivity index (χ0n) is 17.9. The summed E-state index contributed by atoms with van der Waals surface area (Å²) in [7, 11) is 0. The molecule has 0 saturated carbocycles. The highest BCUT2D eigenvalue weighted by Crippen LogP contribution is 2.23. The minimum absolute atomic E-state index is 0.103. The van der Waals surface area contributed by atoms with Gasteiger partial charge in [-0.15, -0.1) is 0 Å². The predicted octanol–water partition coefficient (Wildman–Crippen LogP) is 1.84. The van der Waals surface area contributed by atoms with Gasteiger partial charge in [0.05, 0.1) is 31.8 Å². The third kappa shape index (κ3) is 4.76. The third-order valence-electron chi connectivity index (χ3n) is 6.67. The van der Waals surface area contributed by atoms with Gasteiger partial charge in [-0.3, -0.25) is 9.69 Å². The van der Waals surface area contributed by atoms with Gasteiger partial charge in [0.1, 0.15) is 0 Å². The number of carbonyl (C=O) groups is 1. The molecule has 3 heterocycles. The largest absolute Gasteiger partial charge is 0.390 e. The summed E-state index contributed by atoms with van der Waals surface area (Å²) >= 11 is 0. The number of aliphatic hydroxyl groups is 1. The lowest BCUT2D eigenvalue weighted by Crippen LogP contribution is -2.44. The minimum atomic E-state index is -0.536. The quantitative estimate of drug-likeness (QED) is 0.745. The Bertz CT molecular complexity index is 943. The van der Waals surface area contributed by atoms with E-state index < -0.39 is 6.10 Å². The van der Waals surface area contributed by atoms with Gasteiger partial charge in [0.2, 0.25) is 5.91 Å². The number of hydrogen-bond donors (Lipinski definition) is 2. The summed E-state index contributed by atoms with van der Waals surface area (Å²) in [6.45, 7) is 4.96. The summed E-state index contributed by atoms with van der Waals surface area (Å²) in [5, 5.41) is 14.2. The van der Waals surface area contributed by atoms with Crippen LogP contribution in [0.4, 0.5) is 5.69 Å². The monoisotopic (exact) mass is 421 g/mol. The number of nitrogens with zero attached hydrogens (tertiary/aromatic N) is 2. The van der Waals surface area contributed by atoms with Crippen molar-refractivity contribution in [2.75, 3.05) is 44.7 Å². The van der Waals surface area contributed by atoms with Crippen molar-refractivity contribution in [1.82, 2.24) is 9.80 Å². The van der Waals surface area contributed by atoms with Crippen molar-refractivity contribution in [3.8, 4) is 0 Å². The highest BCUT2D eigenvalue weighted by molar-refractivity contribution is 5.80. The van der Waals surface area contributed by atoms with Crippen LogP contribution in [0.25, 0.3) is 0 Å². The first-order chi connectivity index (χ1) is 15.1. The SMILES string of the molecule is O=C1Cc2cc(NC3COC3)ccc2CCN1CC(O)CN1CCc2ccccc2C1. The van der Waals surface area contributed by atoms with Crippen molar-refractivity contribution in [1.29, 1.82) is 0 Å². The number of β-amino-alcohol motifs (C(OH)–C–C–N with tert-alkyl or cyclic N) is 1. The first kappa shape index (κ1) is 20.5. The summed E-state index contributed by atoms with van der Waals surface area (Å²) in [5.41, 5.74) is 6.14. The summed E-state index contributed by atoms with van der Waals surface area (Å²) in [5.74, 6) is 0.103. The lowest BCUT2D eigenvalue weighted by molar-refractivity contribution is -0.131. The molecule has 1 fully saturated rings. The first-order valence-electron chi connectivity index (χ1n) is 11.3. The summed E-state index contributed by atoms with van der Waals surface area (Å²) in [6, 6.07) is 15.2. The minimum Gasteiger partial charge on any atom is -0.390 e. The zero-order valence-corrected chi connectivity index (χ0v) is 17.9. The number of rotatable bonds is 6. The Balaban J connectivity index is 1.17. The molecule has 31 heavy (non-hydrogen) atoms. The van der Waals surface area contributed by atoms with Crippen LogP contribution < -0.4 is 5.32 Å². The van der Waals surface area contributed by atoms with Crippen molar-refractivity contribution < 1.29 is 14.6 Å². The maximum atomic E-state index is 12.9. The van der Waals surface area contributed by atoms with Gasteiger partial charge < -0.3 is 20.1 Å². The fourth-order valence-electron chi connectivity index (χ4n) is 4.85. The van der Waals surface area contributed by atoms with E-state index in [-0.39, 0.29) is 5.91 Å². The van der Waals surface area contributed by atoms with Crippen LogP contribution >= 0.6 is 0 Å². The Morgan fingerprint density at radius 1 is 1.00 bits per heavy atom. The van der Waals surface area contributed by atoms with Crippen LogP contribution in [0.2, 0.25) is 0 Å². The highest BCUT2D eigenvalue weighted by Gasteiger charge is 2.25. The lowest BCUT2D eigenvalue weighted by atomic mass is 10.00. The molecule has 1 unspecified atom stereocenters. The third-order valence-corrected chi connectivity index (χ3v) is 6.67. The Labute approximate surface area is 183 Å². The van der Waals surface area contributed by atoms with Gasteiger partial charge in [-0.25, -0.2) is 0 Å². The molecule has 6 heteroatoms. The van der Waals surface area contributed by atoms with Crippen molar-refractivity contribution in [2.24, 2.45) is 0 Å². The summed E-state index contributed by atoms with van der Waals surface area (Å²) in [4.78, 5) is 17.1. The molecule has 2 N–H and O–H groups in total. The molecule has 1 atom stereocenters. The molecule has 3 aliphatic heterocycles. The van der Waals surface area contributed by atoms with Crippen LogP contribution in [0.5, 0.6) is 0 Å². The number of ether oxygens (including phenoxy) is 1. The molecular formula is C25H31N3O3. The van der Waals surface area contributed by atoms with Crippen LogP contribution in [0, 0.1) is 0 Å². The molecule has 3 aliphatic rings. The fourth-order valence-corrected chi connectivity index (χ4v) is 4.85. The van der Waals surface area contributed by atoms with E-state index in [1.165, 1.54) is 16.7 Å². The summed E-state index contributed by atoms with van der Waals surface area (Å²) < 4.78 is 5.23. The number of aliphatic hydroxyl groups excluding tert-OH is 1. The van der Waals surface area contributed by atoms with Gasteiger partial charge in [0, 0.05) is 38.4 Å². The van der Waals surface area contributed by atoms with E-state index in [4.69, 9.17) is 4.74 Å². The molecule has 1 amide bonds. The van der Waals surface area contributed by atoms with E-state index in [9.17, 15) is 9.90 Å². The van der Waals surface area contributed by atoms with E-state index >= 15 is 0 Å². The molecule has 0 aromatic heterocycles. The number of anilines is 1. The topological polar surface area (TPSA) is 65.0 Å². The number of amides is 1. The Morgan fingerprint density at radius 2 is 1.77 bits per heavy atom. The molecule has 0 radical (unpaired) electrons. The second-order valence-electron chi connectivity index (χ2n) is 9.04. The van der Waals surface area contributed by atoms with Gasteiger partial charge in [-0.05, 0) is 47.2 Å². The van der Waals surface area contributed by atoms with Gasteiger partial charge in [-0.1, -0.05) is 30.3 Å². The molecule has 1 saturated heterocycles. The predicted molar refractivity (Wildman–Crippen MR) is 120 cm³/mol. The summed E-state index contributed by atoms with van der Waals surface area (Å²) in [6.07, 6.45) is 1.71. The van der Waals surface area contributed by atoms with Crippen LogP contribution in [0.1, 0.15) is 22.3 Å². The molecular weight excluding hydrogens is 390 g/mol. The van der Waals surface area contributed by atoms with Crippen LogP contribution in [-0.4, -0.2) is 72.4 Å². The molecule has 2 aromatic rings. The average molecular weight is 422 g/mol. The van der Waals surface area contributed by atoms with Crippen molar-refractivity contribution >= 4 is 11.6 Å². The fraction of sp³-hybridized carbons (Fsp3) is 0.480. The normalized spacial score (nSPS) is 20.4. The van der Waals surface area contributed by atoms with Crippen molar-refractivity contribution in [3.05, 3.63) is 64.7 Å². The van der Waals surface area contributed by atoms with Gasteiger partial charge in [0.15, 0.2) is 0 Å². The van der Waals surface area contributed by atoms with Crippen molar-refractivity contribution in [3.63, 3.8) is 0 Å². The second-order valence-corrected chi connectivity index (χ2v) is 9.04. The maximum Gasteiger partial charge on any atom is 0.227 e. The number of nitrogens with one attached hydrogen (secondary N) is 1. The zero-order chi connectivity index (χ0) is 21.2. The number of fused-ring (bicyclic) bond motifs is 2. The number of hydrogen-bond acceptors (Lipinski definition) is 5. The van der Waals surface area contributed by atoms with E-state index in [2.05, 4.69) is 52.7 Å². The second kappa shape index (κ2) is 8.99. The molecule has 0 spiro atoms. The van der Waals surface area contributed by atoms with E-state index in [1.54, 1.807) is 0 Å². The Kier molecular flexibility index (Phi) is 5.94. The molecule has 6 nitrogen and oxygen atoms in total. The van der Waals surface area contributed by atoms with E-state index in [0.717, 1.165) is 50.4 Å². The van der Waals surface area contributed by atoms with Crippen LogP contribution in [0.15, 0.2) is 42.5 Å². The highest BCUT2D eigenvalue weighted by atomic mass is 16.5. The molecule has 0 bridgehead atoms. The van der Waals surface area contributed by atoms with E-state index in [0.29, 0.717) is 32.1 Å². The average Bonchev–Trinajstić information content (AvgIpc) is 2.89. The molecule has 2 aromatic carbocycles. The van der Waals surface area contributed by atoms with Gasteiger partial charge in [-0.2, -0.15) is 0 Å². The Hall–Kier alpha value is -2.41. The molecule has 0 aliphatic carbocycles. The van der Waals surface area contributed by atoms with Crippen LogP contribution in [-0.2, 0) is 35.3 Å².